The topological polar surface area (TPSA) is 46.4 Å². The van der Waals surface area contributed by atoms with Crippen LogP contribution in [0.3, 0.4) is 0 Å². The fourth-order valence-electron chi connectivity index (χ4n) is 2.92. The molecule has 0 radical (unpaired) electrons. The third kappa shape index (κ3) is 2.76. The highest BCUT2D eigenvalue weighted by Crippen LogP contribution is 2.38. The summed E-state index contributed by atoms with van der Waals surface area (Å²) in [6, 6.07) is 6.34. The van der Waals surface area contributed by atoms with Crippen molar-refractivity contribution >= 4 is 27.3 Å². The molecule has 1 aliphatic heterocycles. The third-order valence-electron chi connectivity index (χ3n) is 3.93. The molecule has 0 bridgehead atoms. The summed E-state index contributed by atoms with van der Waals surface area (Å²) in [7, 11) is 0. The Bertz CT molecular complexity index is 479. The van der Waals surface area contributed by atoms with E-state index in [1.165, 1.54) is 0 Å². The lowest BCUT2D eigenvalue weighted by molar-refractivity contribution is -0.384. The van der Waals surface area contributed by atoms with Crippen molar-refractivity contribution in [3.05, 3.63) is 33.9 Å². The van der Waals surface area contributed by atoms with Crippen molar-refractivity contribution in [2.24, 2.45) is 0 Å². The van der Waals surface area contributed by atoms with Gasteiger partial charge in [0.1, 0.15) is 5.69 Å². The van der Waals surface area contributed by atoms with Gasteiger partial charge in [-0.25, -0.2) is 0 Å². The molecule has 1 heterocycles. The van der Waals surface area contributed by atoms with E-state index in [9.17, 15) is 10.1 Å². The van der Waals surface area contributed by atoms with Crippen molar-refractivity contribution in [3.8, 4) is 0 Å². The Balaban J connectivity index is 2.45. The number of benzene rings is 1. The normalized spacial score (nSPS) is 22.8. The minimum absolute atomic E-state index is 0.226. The molecular formula is C14H19BrN2O2. The van der Waals surface area contributed by atoms with E-state index in [0.717, 1.165) is 30.5 Å². The zero-order chi connectivity index (χ0) is 14.0. The van der Waals surface area contributed by atoms with E-state index in [1.807, 2.05) is 12.1 Å². The molecule has 1 aromatic carbocycles. The van der Waals surface area contributed by atoms with Gasteiger partial charge >= 0.3 is 0 Å². The van der Waals surface area contributed by atoms with Crippen LogP contribution in [0.1, 0.15) is 38.7 Å². The van der Waals surface area contributed by atoms with Gasteiger partial charge in [0, 0.05) is 23.5 Å². The number of hydrogen-bond acceptors (Lipinski definition) is 3. The second kappa shape index (κ2) is 5.90. The second-order valence-corrected chi connectivity index (χ2v) is 5.67. The highest BCUT2D eigenvalue weighted by Gasteiger charge is 2.33. The van der Waals surface area contributed by atoms with Crippen molar-refractivity contribution in [1.29, 1.82) is 0 Å². The molecule has 104 valence electrons. The van der Waals surface area contributed by atoms with Crippen LogP contribution in [0.4, 0.5) is 11.4 Å². The Morgan fingerprint density at radius 2 is 2.21 bits per heavy atom. The van der Waals surface area contributed by atoms with Crippen LogP contribution in [0.15, 0.2) is 18.2 Å². The number of rotatable bonds is 4. The fourth-order valence-corrected chi connectivity index (χ4v) is 3.27. The Morgan fingerprint density at radius 3 is 2.79 bits per heavy atom. The van der Waals surface area contributed by atoms with Gasteiger partial charge in [-0.15, -0.1) is 0 Å². The summed E-state index contributed by atoms with van der Waals surface area (Å²) in [4.78, 5) is 13.3. The fraction of sp³-hybridized carbons (Fsp3) is 0.571. The lowest BCUT2D eigenvalue weighted by Gasteiger charge is -2.30. The zero-order valence-corrected chi connectivity index (χ0v) is 12.9. The van der Waals surface area contributed by atoms with Crippen LogP contribution in [-0.2, 0) is 5.33 Å². The molecule has 4 nitrogen and oxygen atoms in total. The Morgan fingerprint density at radius 1 is 1.47 bits per heavy atom. The second-order valence-electron chi connectivity index (χ2n) is 5.11. The quantitative estimate of drug-likeness (QED) is 0.472. The summed E-state index contributed by atoms with van der Waals surface area (Å²) in [5.41, 5.74) is 1.94. The molecule has 0 N–H and O–H groups in total. The van der Waals surface area contributed by atoms with Crippen LogP contribution in [0, 0.1) is 10.1 Å². The van der Waals surface area contributed by atoms with Gasteiger partial charge in [0.25, 0.3) is 5.69 Å². The summed E-state index contributed by atoms with van der Waals surface area (Å²) in [5.74, 6) is 0. The molecule has 1 saturated heterocycles. The maximum Gasteiger partial charge on any atom is 0.292 e. The van der Waals surface area contributed by atoms with Crippen molar-refractivity contribution in [3.63, 3.8) is 0 Å². The number of halogens is 1. The number of nitrogens with zero attached hydrogens (tertiary/aromatic N) is 2. The van der Waals surface area contributed by atoms with Gasteiger partial charge in [0.05, 0.1) is 4.92 Å². The van der Waals surface area contributed by atoms with Crippen molar-refractivity contribution in [1.82, 2.24) is 0 Å². The first-order valence-corrected chi connectivity index (χ1v) is 7.82. The molecule has 2 atom stereocenters. The van der Waals surface area contributed by atoms with Crippen LogP contribution in [0.25, 0.3) is 0 Å². The lowest BCUT2D eigenvalue weighted by atomic mass is 10.1. The molecule has 1 aliphatic rings. The minimum atomic E-state index is -0.265. The van der Waals surface area contributed by atoms with E-state index >= 15 is 0 Å². The first-order chi connectivity index (χ1) is 9.08. The number of anilines is 1. The highest BCUT2D eigenvalue weighted by atomic mass is 79.9. The van der Waals surface area contributed by atoms with Crippen LogP contribution < -0.4 is 4.90 Å². The average molecular weight is 327 g/mol. The molecule has 19 heavy (non-hydrogen) atoms. The standard InChI is InChI=1S/C14H19BrN2O2/c1-3-12-6-4-10(2)16(12)13-7-5-11(9-15)8-14(13)17(18)19/h5,7-8,10,12H,3-4,6,9H2,1-2H3. The molecule has 1 fully saturated rings. The predicted molar refractivity (Wildman–Crippen MR) is 81.0 cm³/mol. The van der Waals surface area contributed by atoms with Crippen LogP contribution in [0.2, 0.25) is 0 Å². The smallest absolute Gasteiger partial charge is 0.292 e. The van der Waals surface area contributed by atoms with Crippen molar-refractivity contribution < 1.29 is 4.92 Å². The van der Waals surface area contributed by atoms with E-state index in [2.05, 4.69) is 34.7 Å². The number of nitro groups is 1. The van der Waals surface area contributed by atoms with E-state index in [1.54, 1.807) is 6.07 Å². The van der Waals surface area contributed by atoms with Gasteiger partial charge in [0.2, 0.25) is 0 Å². The first-order valence-electron chi connectivity index (χ1n) is 6.70. The van der Waals surface area contributed by atoms with Gasteiger partial charge in [-0.2, -0.15) is 0 Å². The number of hydrogen-bond donors (Lipinski definition) is 0. The monoisotopic (exact) mass is 326 g/mol. The van der Waals surface area contributed by atoms with Crippen LogP contribution in [0.5, 0.6) is 0 Å². The maximum atomic E-state index is 11.3. The summed E-state index contributed by atoms with van der Waals surface area (Å²) in [6.07, 6.45) is 3.26. The van der Waals surface area contributed by atoms with Crippen molar-refractivity contribution in [2.75, 3.05) is 4.90 Å². The molecule has 0 aromatic heterocycles. The molecule has 2 unspecified atom stereocenters. The molecule has 0 spiro atoms. The Labute approximate surface area is 122 Å². The molecule has 1 aromatic rings. The van der Waals surface area contributed by atoms with E-state index in [0.29, 0.717) is 17.4 Å². The molecule has 5 heteroatoms. The summed E-state index contributed by atoms with van der Waals surface area (Å²) in [5, 5.41) is 12.0. The molecule has 2 rings (SSSR count). The summed E-state index contributed by atoms with van der Waals surface area (Å²) in [6.45, 7) is 4.30. The van der Waals surface area contributed by atoms with Gasteiger partial charge in [-0.1, -0.05) is 28.9 Å². The zero-order valence-electron chi connectivity index (χ0n) is 11.3. The molecule has 0 saturated carbocycles. The van der Waals surface area contributed by atoms with Gasteiger partial charge in [-0.3, -0.25) is 10.1 Å². The van der Waals surface area contributed by atoms with Crippen molar-refractivity contribution in [2.45, 2.75) is 50.5 Å². The number of nitro benzene ring substituents is 1. The SMILES string of the molecule is CCC1CCC(C)N1c1ccc(CBr)cc1[N+](=O)[O-]. The molecule has 0 aliphatic carbocycles. The minimum Gasteiger partial charge on any atom is -0.360 e. The summed E-state index contributed by atoms with van der Waals surface area (Å²) < 4.78 is 0. The molecular weight excluding hydrogens is 308 g/mol. The van der Waals surface area contributed by atoms with E-state index < -0.39 is 0 Å². The first kappa shape index (κ1) is 14.3. The number of alkyl halides is 1. The van der Waals surface area contributed by atoms with E-state index in [-0.39, 0.29) is 10.6 Å². The Hall–Kier alpha value is -1.10. The predicted octanol–water partition coefficient (Wildman–Crippen LogP) is 4.26. The van der Waals surface area contributed by atoms with E-state index in [4.69, 9.17) is 0 Å². The maximum absolute atomic E-state index is 11.3. The Kier molecular flexibility index (Phi) is 4.45. The van der Waals surface area contributed by atoms with Crippen LogP contribution >= 0.6 is 15.9 Å². The molecule has 0 amide bonds. The average Bonchev–Trinajstić information content (AvgIpc) is 2.78. The highest BCUT2D eigenvalue weighted by molar-refractivity contribution is 9.08. The van der Waals surface area contributed by atoms with Gasteiger partial charge in [0.15, 0.2) is 0 Å². The third-order valence-corrected chi connectivity index (χ3v) is 4.57. The lowest BCUT2D eigenvalue weighted by Crippen LogP contribution is -2.34. The largest absolute Gasteiger partial charge is 0.360 e. The van der Waals surface area contributed by atoms with Gasteiger partial charge in [-0.05, 0) is 37.8 Å². The van der Waals surface area contributed by atoms with Crippen LogP contribution in [-0.4, -0.2) is 17.0 Å². The van der Waals surface area contributed by atoms with Gasteiger partial charge < -0.3 is 4.90 Å². The summed E-state index contributed by atoms with van der Waals surface area (Å²) >= 11 is 3.35.